The van der Waals surface area contributed by atoms with Gasteiger partial charge in [-0.15, -0.1) is 0 Å². The van der Waals surface area contributed by atoms with Crippen molar-refractivity contribution < 1.29 is 23.8 Å². The molecule has 1 amide bonds. The first kappa shape index (κ1) is 22.0. The minimum absolute atomic E-state index is 0.258. The van der Waals surface area contributed by atoms with Crippen molar-refractivity contribution in [3.63, 3.8) is 0 Å². The normalized spacial score (nSPS) is 10.8. The van der Waals surface area contributed by atoms with E-state index >= 15 is 0 Å². The smallest absolute Gasteiger partial charge is 0.331 e. The van der Waals surface area contributed by atoms with Crippen molar-refractivity contribution in [1.82, 2.24) is 0 Å². The number of benzene rings is 2. The summed E-state index contributed by atoms with van der Waals surface area (Å²) in [4.78, 5) is 24.3. The molecule has 0 unspecified atom stereocenters. The molecule has 2 rings (SSSR count). The summed E-state index contributed by atoms with van der Waals surface area (Å²) in [5.41, 5.74) is 3.42. The monoisotopic (exact) mass is 397 g/mol. The number of esters is 1. The van der Waals surface area contributed by atoms with E-state index in [4.69, 9.17) is 14.2 Å². The van der Waals surface area contributed by atoms with Crippen LogP contribution < -0.4 is 14.8 Å². The summed E-state index contributed by atoms with van der Waals surface area (Å²) in [5.74, 6) is 0.313. The molecular weight excluding hydrogens is 370 g/mol. The second-order valence-corrected chi connectivity index (χ2v) is 6.77. The fourth-order valence-corrected chi connectivity index (χ4v) is 2.90. The number of amides is 1. The zero-order chi connectivity index (χ0) is 21.4. The van der Waals surface area contributed by atoms with Crippen molar-refractivity contribution in [2.24, 2.45) is 0 Å². The number of anilines is 1. The van der Waals surface area contributed by atoms with Crippen molar-refractivity contribution in [2.75, 3.05) is 26.1 Å². The number of carbonyl (C=O) groups excluding carboxylic acids is 2. The van der Waals surface area contributed by atoms with Gasteiger partial charge in [0.05, 0.1) is 14.2 Å². The van der Waals surface area contributed by atoms with Crippen LogP contribution in [0.25, 0.3) is 6.08 Å². The van der Waals surface area contributed by atoms with Gasteiger partial charge in [0, 0.05) is 17.3 Å². The molecule has 2 aromatic rings. The standard InChI is InChI=1S/C23H27NO5/c1-15(2)18-10-6-8-16(3)22(18)24-20(25)14-29-21(26)13-12-17-9-7-11-19(27-4)23(17)28-5/h6-13,15H,14H2,1-5H3,(H,24,25). The molecule has 154 valence electrons. The summed E-state index contributed by atoms with van der Waals surface area (Å²) in [6.07, 6.45) is 2.80. The fraction of sp³-hybridized carbons (Fsp3) is 0.304. The van der Waals surface area contributed by atoms with Crippen molar-refractivity contribution in [2.45, 2.75) is 26.7 Å². The van der Waals surface area contributed by atoms with Gasteiger partial charge in [-0.1, -0.05) is 44.2 Å². The first-order valence-corrected chi connectivity index (χ1v) is 9.32. The van der Waals surface area contributed by atoms with E-state index in [1.54, 1.807) is 24.3 Å². The molecule has 0 spiro atoms. The molecular formula is C23H27NO5. The summed E-state index contributed by atoms with van der Waals surface area (Å²) in [5, 5.41) is 2.85. The lowest BCUT2D eigenvalue weighted by Crippen LogP contribution is -2.21. The van der Waals surface area contributed by atoms with E-state index in [1.165, 1.54) is 20.3 Å². The lowest BCUT2D eigenvalue weighted by molar-refractivity contribution is -0.142. The number of nitrogens with one attached hydrogen (secondary N) is 1. The van der Waals surface area contributed by atoms with Crippen molar-refractivity contribution in [3.05, 3.63) is 59.2 Å². The zero-order valence-electron chi connectivity index (χ0n) is 17.4. The van der Waals surface area contributed by atoms with E-state index in [0.29, 0.717) is 17.1 Å². The summed E-state index contributed by atoms with van der Waals surface area (Å²) in [7, 11) is 3.06. The first-order valence-electron chi connectivity index (χ1n) is 9.32. The van der Waals surface area contributed by atoms with Crippen LogP contribution >= 0.6 is 0 Å². The highest BCUT2D eigenvalue weighted by molar-refractivity contribution is 5.96. The lowest BCUT2D eigenvalue weighted by Gasteiger charge is -2.16. The van der Waals surface area contributed by atoms with E-state index in [2.05, 4.69) is 19.2 Å². The summed E-state index contributed by atoms with van der Waals surface area (Å²) in [6.45, 7) is 5.67. The summed E-state index contributed by atoms with van der Waals surface area (Å²) < 4.78 is 15.6. The number of para-hydroxylation sites is 2. The highest BCUT2D eigenvalue weighted by Crippen LogP contribution is 2.31. The number of aryl methyl sites for hydroxylation is 1. The third-order valence-corrected chi connectivity index (χ3v) is 4.37. The Morgan fingerprint density at radius 2 is 1.79 bits per heavy atom. The second-order valence-electron chi connectivity index (χ2n) is 6.77. The number of hydrogen-bond acceptors (Lipinski definition) is 5. The molecule has 0 aliphatic carbocycles. The summed E-state index contributed by atoms with van der Waals surface area (Å²) >= 11 is 0. The second kappa shape index (κ2) is 10.3. The van der Waals surface area contributed by atoms with Crippen LogP contribution in [0.2, 0.25) is 0 Å². The van der Waals surface area contributed by atoms with Crippen LogP contribution in [0, 0.1) is 6.92 Å². The molecule has 0 heterocycles. The van der Waals surface area contributed by atoms with E-state index in [1.807, 2.05) is 25.1 Å². The molecule has 6 nitrogen and oxygen atoms in total. The molecule has 0 radical (unpaired) electrons. The predicted octanol–water partition coefficient (Wildman–Crippen LogP) is 4.33. The maximum Gasteiger partial charge on any atom is 0.331 e. The Kier molecular flexibility index (Phi) is 7.83. The molecule has 1 N–H and O–H groups in total. The van der Waals surface area contributed by atoms with Gasteiger partial charge >= 0.3 is 5.97 Å². The number of hydrogen-bond donors (Lipinski definition) is 1. The quantitative estimate of drug-likeness (QED) is 0.530. The van der Waals surface area contributed by atoms with E-state index < -0.39 is 5.97 Å². The highest BCUT2D eigenvalue weighted by Gasteiger charge is 2.13. The van der Waals surface area contributed by atoms with Gasteiger partial charge in [-0.3, -0.25) is 4.79 Å². The SMILES string of the molecule is COc1cccc(C=CC(=O)OCC(=O)Nc2c(C)cccc2C(C)C)c1OC. The van der Waals surface area contributed by atoms with E-state index in [9.17, 15) is 9.59 Å². The van der Waals surface area contributed by atoms with Crippen molar-refractivity contribution in [1.29, 1.82) is 0 Å². The zero-order valence-corrected chi connectivity index (χ0v) is 17.4. The number of methoxy groups -OCH3 is 2. The van der Waals surface area contributed by atoms with Crippen LogP contribution in [0.3, 0.4) is 0 Å². The molecule has 29 heavy (non-hydrogen) atoms. The Hall–Kier alpha value is -3.28. The Labute approximate surface area is 171 Å². The van der Waals surface area contributed by atoms with Gasteiger partial charge < -0.3 is 19.5 Å². The van der Waals surface area contributed by atoms with Crippen LogP contribution in [-0.4, -0.2) is 32.7 Å². The maximum atomic E-state index is 12.3. The molecule has 6 heteroatoms. The molecule has 0 bridgehead atoms. The predicted molar refractivity (Wildman–Crippen MR) is 113 cm³/mol. The molecule has 0 aliphatic rings. The molecule has 0 fully saturated rings. The molecule has 2 aromatic carbocycles. The van der Waals surface area contributed by atoms with Crippen LogP contribution in [0.4, 0.5) is 5.69 Å². The maximum absolute atomic E-state index is 12.3. The van der Waals surface area contributed by atoms with Crippen LogP contribution in [-0.2, 0) is 14.3 Å². The molecule has 0 atom stereocenters. The summed E-state index contributed by atoms with van der Waals surface area (Å²) in [6, 6.07) is 11.2. The number of rotatable bonds is 8. The number of ether oxygens (including phenoxy) is 3. The minimum atomic E-state index is -0.626. The van der Waals surface area contributed by atoms with Gasteiger partial charge in [0.2, 0.25) is 0 Å². The Bertz CT molecular complexity index is 902. The fourth-order valence-electron chi connectivity index (χ4n) is 2.90. The minimum Gasteiger partial charge on any atom is -0.493 e. The van der Waals surface area contributed by atoms with Crippen LogP contribution in [0.15, 0.2) is 42.5 Å². The highest BCUT2D eigenvalue weighted by atomic mass is 16.5. The van der Waals surface area contributed by atoms with Crippen LogP contribution in [0.5, 0.6) is 11.5 Å². The van der Waals surface area contributed by atoms with Gasteiger partial charge in [-0.05, 0) is 36.1 Å². The third kappa shape index (κ3) is 5.85. The van der Waals surface area contributed by atoms with E-state index in [-0.39, 0.29) is 18.4 Å². The Morgan fingerprint density at radius 1 is 1.07 bits per heavy atom. The molecule has 0 saturated carbocycles. The topological polar surface area (TPSA) is 73.9 Å². The third-order valence-electron chi connectivity index (χ3n) is 4.37. The van der Waals surface area contributed by atoms with E-state index in [0.717, 1.165) is 16.8 Å². The first-order chi connectivity index (χ1) is 13.9. The average molecular weight is 397 g/mol. The van der Waals surface area contributed by atoms with Gasteiger partial charge in [0.1, 0.15) is 0 Å². The van der Waals surface area contributed by atoms with Gasteiger partial charge in [0.25, 0.3) is 5.91 Å². The largest absolute Gasteiger partial charge is 0.493 e. The molecule has 0 saturated heterocycles. The van der Waals surface area contributed by atoms with Gasteiger partial charge in [-0.2, -0.15) is 0 Å². The van der Waals surface area contributed by atoms with Gasteiger partial charge in [0.15, 0.2) is 18.1 Å². The Morgan fingerprint density at radius 3 is 2.45 bits per heavy atom. The average Bonchev–Trinajstić information content (AvgIpc) is 2.71. The lowest BCUT2D eigenvalue weighted by atomic mass is 9.98. The number of carbonyl (C=O) groups is 2. The Balaban J connectivity index is 1.98. The van der Waals surface area contributed by atoms with Crippen molar-refractivity contribution >= 4 is 23.6 Å². The van der Waals surface area contributed by atoms with Crippen molar-refractivity contribution in [3.8, 4) is 11.5 Å². The molecule has 0 aromatic heterocycles. The van der Waals surface area contributed by atoms with Gasteiger partial charge in [-0.25, -0.2) is 4.79 Å². The van der Waals surface area contributed by atoms with Crippen LogP contribution in [0.1, 0.15) is 36.5 Å². The molecule has 0 aliphatic heterocycles.